The summed E-state index contributed by atoms with van der Waals surface area (Å²) in [6.45, 7) is 3.12. The van der Waals surface area contributed by atoms with E-state index in [1.165, 1.54) is 12.8 Å². The zero-order chi connectivity index (χ0) is 11.0. The largest absolute Gasteiger partial charge is 0.321 e. The molecule has 0 spiro atoms. The van der Waals surface area contributed by atoms with Crippen LogP contribution in [-0.4, -0.2) is 27.9 Å². The zero-order valence-electron chi connectivity index (χ0n) is 9.52. The Morgan fingerprint density at radius 3 is 3.00 bits per heavy atom. The lowest BCUT2D eigenvalue weighted by atomic mass is 9.99. The Kier molecular flexibility index (Phi) is 2.65. The molecule has 0 aliphatic carbocycles. The molecule has 2 aliphatic rings. The summed E-state index contributed by atoms with van der Waals surface area (Å²) in [5.74, 6) is 2.48. The molecule has 0 amide bonds. The molecule has 2 unspecified atom stereocenters. The molecule has 5 nitrogen and oxygen atoms in total. The molecule has 3 N–H and O–H groups in total. The zero-order valence-corrected chi connectivity index (χ0v) is 9.52. The third kappa shape index (κ3) is 1.74. The van der Waals surface area contributed by atoms with Gasteiger partial charge in [-0.15, -0.1) is 0 Å². The van der Waals surface area contributed by atoms with Gasteiger partial charge in [0.25, 0.3) is 0 Å². The van der Waals surface area contributed by atoms with E-state index < -0.39 is 0 Å². The lowest BCUT2D eigenvalue weighted by Crippen LogP contribution is -2.29. The Balaban J connectivity index is 1.85. The van der Waals surface area contributed by atoms with Crippen LogP contribution in [0.25, 0.3) is 0 Å². The first-order valence-corrected chi connectivity index (χ1v) is 6.25. The first-order chi connectivity index (χ1) is 7.84. The van der Waals surface area contributed by atoms with Gasteiger partial charge in [-0.25, -0.2) is 9.67 Å². The Hall–Kier alpha value is -0.940. The van der Waals surface area contributed by atoms with E-state index in [0.717, 1.165) is 44.1 Å². The summed E-state index contributed by atoms with van der Waals surface area (Å²) in [7, 11) is 0. The summed E-state index contributed by atoms with van der Waals surface area (Å²) in [6, 6.07) is 0.0894. The molecule has 88 valence electrons. The Labute approximate surface area is 95.4 Å². The van der Waals surface area contributed by atoms with Gasteiger partial charge in [0.15, 0.2) is 5.82 Å². The third-order valence-corrected chi connectivity index (χ3v) is 3.60. The lowest BCUT2D eigenvalue weighted by molar-refractivity contribution is 0.416. The number of rotatable bonds is 1. The summed E-state index contributed by atoms with van der Waals surface area (Å²) in [4.78, 5) is 4.64. The minimum Gasteiger partial charge on any atom is -0.321 e. The van der Waals surface area contributed by atoms with Crippen molar-refractivity contribution in [2.24, 2.45) is 5.73 Å². The molecule has 5 heteroatoms. The van der Waals surface area contributed by atoms with Crippen molar-refractivity contribution in [1.82, 2.24) is 20.1 Å². The number of piperidine rings is 1. The number of aromatic nitrogens is 3. The van der Waals surface area contributed by atoms with Crippen molar-refractivity contribution >= 4 is 0 Å². The molecule has 3 rings (SSSR count). The molecule has 1 fully saturated rings. The highest BCUT2D eigenvalue weighted by molar-refractivity contribution is 5.06. The topological polar surface area (TPSA) is 68.8 Å². The lowest BCUT2D eigenvalue weighted by Gasteiger charge is -2.19. The van der Waals surface area contributed by atoms with Crippen LogP contribution in [0.1, 0.15) is 49.3 Å². The fraction of sp³-hybridized carbons (Fsp3) is 0.818. The second kappa shape index (κ2) is 4.14. The van der Waals surface area contributed by atoms with Gasteiger partial charge in [-0.05, 0) is 32.2 Å². The van der Waals surface area contributed by atoms with Crippen molar-refractivity contribution in [1.29, 1.82) is 0 Å². The minimum atomic E-state index is 0.0894. The third-order valence-electron chi connectivity index (χ3n) is 3.60. The van der Waals surface area contributed by atoms with Gasteiger partial charge in [0, 0.05) is 19.0 Å². The summed E-state index contributed by atoms with van der Waals surface area (Å²) in [5.41, 5.74) is 6.05. The molecule has 0 radical (unpaired) electrons. The highest BCUT2D eigenvalue weighted by Gasteiger charge is 2.25. The maximum atomic E-state index is 6.05. The molecule has 0 bridgehead atoms. The van der Waals surface area contributed by atoms with E-state index in [1.807, 2.05) is 4.68 Å². The molecule has 0 aromatic carbocycles. The average Bonchev–Trinajstić information content (AvgIpc) is 2.76. The molecule has 16 heavy (non-hydrogen) atoms. The van der Waals surface area contributed by atoms with Crippen LogP contribution in [0.15, 0.2) is 0 Å². The first kappa shape index (κ1) is 10.2. The van der Waals surface area contributed by atoms with Gasteiger partial charge in [-0.1, -0.05) is 0 Å². The Morgan fingerprint density at radius 2 is 2.25 bits per heavy atom. The standard InChI is InChI=1S/C11H19N5/c12-9-4-2-6-16-11(9)14-10(15-16)8-3-1-5-13-7-8/h8-9,13H,1-7,12H2. The van der Waals surface area contributed by atoms with Crippen LogP contribution in [0.2, 0.25) is 0 Å². The van der Waals surface area contributed by atoms with Crippen molar-refractivity contribution in [2.45, 2.75) is 44.2 Å². The summed E-state index contributed by atoms with van der Waals surface area (Å²) >= 11 is 0. The maximum absolute atomic E-state index is 6.05. The fourth-order valence-electron chi connectivity index (χ4n) is 2.65. The predicted molar refractivity (Wildman–Crippen MR) is 61.0 cm³/mol. The number of fused-ring (bicyclic) bond motifs is 1. The molecular formula is C11H19N5. The number of nitrogens with zero attached hydrogens (tertiary/aromatic N) is 3. The number of aryl methyl sites for hydroxylation is 1. The van der Waals surface area contributed by atoms with Crippen molar-refractivity contribution in [3.05, 3.63) is 11.6 Å². The van der Waals surface area contributed by atoms with Crippen LogP contribution in [0.5, 0.6) is 0 Å². The predicted octanol–water partition coefficient (Wildman–Crippen LogP) is 0.539. The van der Waals surface area contributed by atoms with E-state index >= 15 is 0 Å². The van der Waals surface area contributed by atoms with Gasteiger partial charge in [-0.2, -0.15) is 5.10 Å². The number of hydrogen-bond acceptors (Lipinski definition) is 4. The first-order valence-electron chi connectivity index (χ1n) is 6.25. The van der Waals surface area contributed by atoms with Crippen molar-refractivity contribution in [2.75, 3.05) is 13.1 Å². The fourth-order valence-corrected chi connectivity index (χ4v) is 2.65. The molecule has 2 aliphatic heterocycles. The number of nitrogens with two attached hydrogens (primary N) is 1. The summed E-state index contributed by atoms with van der Waals surface area (Å²) in [6.07, 6.45) is 4.59. The van der Waals surface area contributed by atoms with Crippen LogP contribution >= 0.6 is 0 Å². The van der Waals surface area contributed by atoms with Gasteiger partial charge in [0.05, 0.1) is 6.04 Å². The van der Waals surface area contributed by atoms with Gasteiger partial charge in [0.1, 0.15) is 5.82 Å². The number of nitrogens with one attached hydrogen (secondary N) is 1. The monoisotopic (exact) mass is 221 g/mol. The Bertz CT molecular complexity index is 366. The van der Waals surface area contributed by atoms with Gasteiger partial charge in [0.2, 0.25) is 0 Å². The van der Waals surface area contributed by atoms with Crippen LogP contribution in [-0.2, 0) is 6.54 Å². The van der Waals surface area contributed by atoms with Crippen molar-refractivity contribution in [3.63, 3.8) is 0 Å². The van der Waals surface area contributed by atoms with Crippen molar-refractivity contribution < 1.29 is 0 Å². The highest BCUT2D eigenvalue weighted by Crippen LogP contribution is 2.25. The van der Waals surface area contributed by atoms with E-state index in [2.05, 4.69) is 15.4 Å². The van der Waals surface area contributed by atoms with Gasteiger partial charge >= 0.3 is 0 Å². The molecule has 1 aromatic heterocycles. The molecule has 3 heterocycles. The number of hydrogen-bond donors (Lipinski definition) is 2. The van der Waals surface area contributed by atoms with E-state index in [0.29, 0.717) is 5.92 Å². The average molecular weight is 221 g/mol. The maximum Gasteiger partial charge on any atom is 0.155 e. The molecule has 2 atom stereocenters. The van der Waals surface area contributed by atoms with E-state index in [4.69, 9.17) is 5.73 Å². The van der Waals surface area contributed by atoms with E-state index in [1.54, 1.807) is 0 Å². The highest BCUT2D eigenvalue weighted by atomic mass is 15.4. The van der Waals surface area contributed by atoms with Gasteiger partial charge < -0.3 is 11.1 Å². The van der Waals surface area contributed by atoms with Crippen LogP contribution < -0.4 is 11.1 Å². The SMILES string of the molecule is NC1CCCn2nc(C3CCCNC3)nc21. The second-order valence-corrected chi connectivity index (χ2v) is 4.84. The van der Waals surface area contributed by atoms with Crippen LogP contribution in [0, 0.1) is 0 Å². The molecule has 0 saturated carbocycles. The quantitative estimate of drug-likeness (QED) is 0.726. The van der Waals surface area contributed by atoms with Crippen LogP contribution in [0.3, 0.4) is 0 Å². The van der Waals surface area contributed by atoms with E-state index in [-0.39, 0.29) is 6.04 Å². The normalized spacial score (nSPS) is 30.1. The second-order valence-electron chi connectivity index (χ2n) is 4.84. The van der Waals surface area contributed by atoms with E-state index in [9.17, 15) is 0 Å². The molecule has 1 aromatic rings. The summed E-state index contributed by atoms with van der Waals surface area (Å²) < 4.78 is 2.01. The van der Waals surface area contributed by atoms with Crippen molar-refractivity contribution in [3.8, 4) is 0 Å². The Morgan fingerprint density at radius 1 is 1.31 bits per heavy atom. The molecule has 1 saturated heterocycles. The summed E-state index contributed by atoms with van der Waals surface area (Å²) in [5, 5.41) is 8.01. The van der Waals surface area contributed by atoms with Gasteiger partial charge in [-0.3, -0.25) is 0 Å². The minimum absolute atomic E-state index is 0.0894. The smallest absolute Gasteiger partial charge is 0.155 e. The van der Waals surface area contributed by atoms with Crippen LogP contribution in [0.4, 0.5) is 0 Å². The molecular weight excluding hydrogens is 202 g/mol.